The maximum Gasteiger partial charge on any atom is 0.129 e. The highest BCUT2D eigenvalue weighted by atomic mass is 79.9. The molecule has 1 N–H and O–H groups in total. The Labute approximate surface area is 124 Å². The van der Waals surface area contributed by atoms with Crippen LogP contribution in [0.5, 0.6) is 0 Å². The van der Waals surface area contributed by atoms with Gasteiger partial charge >= 0.3 is 0 Å². The molecule has 0 radical (unpaired) electrons. The van der Waals surface area contributed by atoms with Gasteiger partial charge in [0.15, 0.2) is 0 Å². The first-order valence-corrected chi connectivity index (χ1v) is 7.73. The Morgan fingerprint density at radius 1 is 1.26 bits per heavy atom. The van der Waals surface area contributed by atoms with Crippen molar-refractivity contribution in [3.63, 3.8) is 0 Å². The second kappa shape index (κ2) is 5.31. The van der Waals surface area contributed by atoms with Crippen molar-refractivity contribution in [2.45, 2.75) is 13.5 Å². The molecular weight excluding hydrogens is 320 g/mol. The van der Waals surface area contributed by atoms with Crippen LogP contribution in [0, 0.1) is 6.92 Å². The van der Waals surface area contributed by atoms with Crippen LogP contribution in [-0.4, -0.2) is 4.98 Å². The molecule has 0 atom stereocenters. The lowest BCUT2D eigenvalue weighted by atomic mass is 10.1. The zero-order valence-corrected chi connectivity index (χ0v) is 12.9. The normalized spacial score (nSPS) is 10.8. The van der Waals surface area contributed by atoms with E-state index in [2.05, 4.69) is 56.7 Å². The minimum Gasteiger partial charge on any atom is -0.365 e. The Morgan fingerprint density at radius 2 is 2.11 bits per heavy atom. The average molecular weight is 333 g/mol. The van der Waals surface area contributed by atoms with Crippen LogP contribution in [0.1, 0.15) is 10.4 Å². The molecule has 0 fully saturated rings. The first-order chi connectivity index (χ1) is 9.22. The van der Waals surface area contributed by atoms with E-state index in [-0.39, 0.29) is 0 Å². The quantitative estimate of drug-likeness (QED) is 0.731. The van der Waals surface area contributed by atoms with Crippen LogP contribution in [-0.2, 0) is 6.54 Å². The Kier molecular flexibility index (Phi) is 3.53. The molecule has 0 spiro atoms. The molecule has 4 heteroatoms. The summed E-state index contributed by atoms with van der Waals surface area (Å²) in [5.41, 5.74) is 2.21. The van der Waals surface area contributed by atoms with Gasteiger partial charge in [0, 0.05) is 20.1 Å². The van der Waals surface area contributed by atoms with E-state index in [0.717, 1.165) is 22.4 Å². The number of fused-ring (bicyclic) bond motifs is 1. The van der Waals surface area contributed by atoms with Gasteiger partial charge in [-0.15, -0.1) is 11.3 Å². The molecule has 1 aromatic carbocycles. The molecule has 19 heavy (non-hydrogen) atoms. The largest absolute Gasteiger partial charge is 0.365 e. The number of nitrogens with one attached hydrogen (secondary N) is 1. The molecule has 2 aromatic heterocycles. The molecule has 2 nitrogen and oxygen atoms in total. The zero-order valence-electron chi connectivity index (χ0n) is 10.5. The zero-order chi connectivity index (χ0) is 13.2. The van der Waals surface area contributed by atoms with E-state index < -0.39 is 0 Å². The van der Waals surface area contributed by atoms with Crippen LogP contribution in [0.3, 0.4) is 0 Å². The van der Waals surface area contributed by atoms with Crippen molar-refractivity contribution in [3.8, 4) is 0 Å². The van der Waals surface area contributed by atoms with Gasteiger partial charge in [-0.25, -0.2) is 4.98 Å². The number of aromatic nitrogens is 1. The summed E-state index contributed by atoms with van der Waals surface area (Å²) in [5.74, 6) is 0.961. The van der Waals surface area contributed by atoms with E-state index in [1.807, 2.05) is 18.2 Å². The van der Waals surface area contributed by atoms with Gasteiger partial charge in [0.25, 0.3) is 0 Å². The fourth-order valence-electron chi connectivity index (χ4n) is 2.02. The van der Waals surface area contributed by atoms with Crippen molar-refractivity contribution in [2.75, 3.05) is 5.32 Å². The third-order valence-electron chi connectivity index (χ3n) is 2.97. The molecule has 0 saturated carbocycles. The molecule has 0 bridgehead atoms. The third-order valence-corrected chi connectivity index (χ3v) is 4.66. The van der Waals surface area contributed by atoms with Crippen molar-refractivity contribution in [1.82, 2.24) is 4.98 Å². The van der Waals surface area contributed by atoms with Gasteiger partial charge < -0.3 is 5.32 Å². The van der Waals surface area contributed by atoms with Crippen molar-refractivity contribution in [2.24, 2.45) is 0 Å². The maximum absolute atomic E-state index is 4.68. The van der Waals surface area contributed by atoms with Crippen LogP contribution < -0.4 is 5.32 Å². The minimum atomic E-state index is 0.808. The summed E-state index contributed by atoms with van der Waals surface area (Å²) in [7, 11) is 0. The second-order valence-corrected chi connectivity index (χ2v) is 6.34. The smallest absolute Gasteiger partial charge is 0.129 e. The minimum absolute atomic E-state index is 0.808. The van der Waals surface area contributed by atoms with Gasteiger partial charge in [-0.05, 0) is 46.6 Å². The Hall–Kier alpha value is -1.39. The van der Waals surface area contributed by atoms with Crippen LogP contribution >= 0.6 is 27.3 Å². The third kappa shape index (κ3) is 2.80. The van der Waals surface area contributed by atoms with Gasteiger partial charge in [-0.2, -0.15) is 0 Å². The summed E-state index contributed by atoms with van der Waals surface area (Å²) in [6, 6.07) is 12.5. The van der Waals surface area contributed by atoms with Crippen molar-refractivity contribution in [1.29, 1.82) is 0 Å². The highest BCUT2D eigenvalue weighted by Gasteiger charge is 2.04. The molecule has 0 unspecified atom stereocenters. The van der Waals surface area contributed by atoms with E-state index >= 15 is 0 Å². The second-order valence-electron chi connectivity index (χ2n) is 4.43. The van der Waals surface area contributed by atoms with E-state index in [1.165, 1.54) is 15.8 Å². The molecule has 0 aliphatic carbocycles. The molecule has 2 heterocycles. The maximum atomic E-state index is 4.68. The molecule has 0 saturated heterocycles. The first kappa shape index (κ1) is 12.6. The average Bonchev–Trinajstić information content (AvgIpc) is 2.82. The number of aryl methyl sites for hydroxylation is 1. The van der Waals surface area contributed by atoms with Crippen LogP contribution in [0.15, 0.2) is 46.3 Å². The number of benzene rings is 1. The first-order valence-electron chi connectivity index (χ1n) is 6.05. The Balaban J connectivity index is 1.86. The van der Waals surface area contributed by atoms with E-state index in [0.29, 0.717) is 0 Å². The topological polar surface area (TPSA) is 24.9 Å². The van der Waals surface area contributed by atoms with Gasteiger partial charge in [-0.1, -0.05) is 18.2 Å². The van der Waals surface area contributed by atoms with Crippen molar-refractivity contribution in [3.05, 3.63) is 56.7 Å². The molecule has 0 aliphatic rings. The highest BCUT2D eigenvalue weighted by molar-refractivity contribution is 9.10. The van der Waals surface area contributed by atoms with Crippen LogP contribution in [0.25, 0.3) is 10.9 Å². The molecular formula is C15H13BrN2S. The van der Waals surface area contributed by atoms with E-state index in [1.54, 1.807) is 11.3 Å². The predicted molar refractivity (Wildman–Crippen MR) is 85.8 cm³/mol. The lowest BCUT2D eigenvalue weighted by Gasteiger charge is -2.09. The number of nitrogens with zero attached hydrogens (tertiary/aromatic N) is 1. The predicted octanol–water partition coefficient (Wildman–Crippen LogP) is 4.98. The monoisotopic (exact) mass is 332 g/mol. The van der Waals surface area contributed by atoms with Gasteiger partial charge in [0.1, 0.15) is 5.82 Å². The number of rotatable bonds is 3. The van der Waals surface area contributed by atoms with Gasteiger partial charge in [0.05, 0.1) is 12.1 Å². The number of pyridine rings is 1. The molecule has 3 aromatic rings. The summed E-state index contributed by atoms with van der Waals surface area (Å²) in [6.45, 7) is 2.90. The SMILES string of the molecule is Cc1cc2ccccc2nc1NCc1cc(Br)cs1. The summed E-state index contributed by atoms with van der Waals surface area (Å²) in [4.78, 5) is 5.97. The molecule has 96 valence electrons. The summed E-state index contributed by atoms with van der Waals surface area (Å²) in [5, 5.41) is 6.69. The molecule has 3 rings (SSSR count). The van der Waals surface area contributed by atoms with Crippen molar-refractivity contribution >= 4 is 44.0 Å². The number of hydrogen-bond acceptors (Lipinski definition) is 3. The van der Waals surface area contributed by atoms with E-state index in [4.69, 9.17) is 0 Å². The summed E-state index contributed by atoms with van der Waals surface area (Å²) < 4.78 is 1.14. The fraction of sp³-hybridized carbons (Fsp3) is 0.133. The Morgan fingerprint density at radius 3 is 2.89 bits per heavy atom. The fourth-order valence-corrected chi connectivity index (χ4v) is 3.41. The Bertz CT molecular complexity index is 721. The standard InChI is InChI=1S/C15H13BrN2S/c1-10-6-11-4-2-3-5-14(11)18-15(10)17-8-13-7-12(16)9-19-13/h2-7,9H,8H2,1H3,(H,17,18). The number of anilines is 1. The van der Waals surface area contributed by atoms with E-state index in [9.17, 15) is 0 Å². The molecule has 0 aliphatic heterocycles. The summed E-state index contributed by atoms with van der Waals surface area (Å²) >= 11 is 5.21. The lowest BCUT2D eigenvalue weighted by Crippen LogP contribution is -2.02. The number of thiophene rings is 1. The number of hydrogen-bond donors (Lipinski definition) is 1. The van der Waals surface area contributed by atoms with Crippen LogP contribution in [0.4, 0.5) is 5.82 Å². The number of para-hydroxylation sites is 1. The highest BCUT2D eigenvalue weighted by Crippen LogP contribution is 2.23. The number of halogens is 1. The lowest BCUT2D eigenvalue weighted by molar-refractivity contribution is 1.14. The van der Waals surface area contributed by atoms with Crippen molar-refractivity contribution < 1.29 is 0 Å². The van der Waals surface area contributed by atoms with Gasteiger partial charge in [0.2, 0.25) is 0 Å². The van der Waals surface area contributed by atoms with Gasteiger partial charge in [-0.3, -0.25) is 0 Å². The van der Waals surface area contributed by atoms with Crippen LogP contribution in [0.2, 0.25) is 0 Å². The molecule has 0 amide bonds. The summed E-state index contributed by atoms with van der Waals surface area (Å²) in [6.07, 6.45) is 0.